The lowest BCUT2D eigenvalue weighted by Crippen LogP contribution is -2.00. The van der Waals surface area contributed by atoms with E-state index in [1.165, 1.54) is 12.8 Å². The molecule has 1 aliphatic rings. The van der Waals surface area contributed by atoms with Crippen molar-refractivity contribution in [3.8, 4) is 18.1 Å². The standard InChI is InChI=1S/C13H14O/c1-3-11-6-7-13(10(2)8-11)14-9-12-4-5-12/h1,6-8,12H,4-5,9H2,2H3. The number of hydrogen-bond acceptors (Lipinski definition) is 1. The molecule has 0 heterocycles. The van der Waals surface area contributed by atoms with E-state index in [-0.39, 0.29) is 0 Å². The molecule has 72 valence electrons. The van der Waals surface area contributed by atoms with Gasteiger partial charge < -0.3 is 4.74 Å². The Bertz CT molecular complexity index is 369. The molecule has 1 aromatic carbocycles. The van der Waals surface area contributed by atoms with E-state index in [2.05, 4.69) is 5.92 Å². The van der Waals surface area contributed by atoms with Crippen LogP contribution in [0.25, 0.3) is 0 Å². The topological polar surface area (TPSA) is 9.23 Å². The summed E-state index contributed by atoms with van der Waals surface area (Å²) >= 11 is 0. The summed E-state index contributed by atoms with van der Waals surface area (Å²) in [4.78, 5) is 0. The SMILES string of the molecule is C#Cc1ccc(OCC2CC2)c(C)c1. The Morgan fingerprint density at radius 3 is 2.86 bits per heavy atom. The molecular formula is C13H14O. The largest absolute Gasteiger partial charge is 0.493 e. The number of hydrogen-bond donors (Lipinski definition) is 0. The van der Waals surface area contributed by atoms with Crippen LogP contribution in [0.3, 0.4) is 0 Å². The van der Waals surface area contributed by atoms with Gasteiger partial charge in [-0.25, -0.2) is 0 Å². The molecule has 0 unspecified atom stereocenters. The van der Waals surface area contributed by atoms with Crippen molar-refractivity contribution in [3.63, 3.8) is 0 Å². The Labute approximate surface area is 85.1 Å². The fourth-order valence-corrected chi connectivity index (χ4v) is 1.39. The Hall–Kier alpha value is -1.42. The first-order valence-electron chi connectivity index (χ1n) is 4.99. The molecule has 0 atom stereocenters. The predicted molar refractivity (Wildman–Crippen MR) is 57.3 cm³/mol. The summed E-state index contributed by atoms with van der Waals surface area (Å²) in [5.74, 6) is 4.38. The summed E-state index contributed by atoms with van der Waals surface area (Å²) in [6.07, 6.45) is 7.95. The molecule has 0 spiro atoms. The van der Waals surface area contributed by atoms with Crippen LogP contribution in [-0.4, -0.2) is 6.61 Å². The highest BCUT2D eigenvalue weighted by molar-refractivity contribution is 5.42. The zero-order valence-corrected chi connectivity index (χ0v) is 8.42. The maximum atomic E-state index is 5.69. The van der Waals surface area contributed by atoms with Gasteiger partial charge in [-0.3, -0.25) is 0 Å². The number of rotatable bonds is 3. The quantitative estimate of drug-likeness (QED) is 0.659. The summed E-state index contributed by atoms with van der Waals surface area (Å²) in [7, 11) is 0. The van der Waals surface area contributed by atoms with E-state index in [0.29, 0.717) is 0 Å². The summed E-state index contributed by atoms with van der Waals surface area (Å²) < 4.78 is 5.69. The van der Waals surface area contributed by atoms with Crippen LogP contribution >= 0.6 is 0 Å². The van der Waals surface area contributed by atoms with Gasteiger partial charge in [0.2, 0.25) is 0 Å². The van der Waals surface area contributed by atoms with Crippen molar-refractivity contribution in [1.82, 2.24) is 0 Å². The van der Waals surface area contributed by atoms with Gasteiger partial charge in [0.05, 0.1) is 6.61 Å². The van der Waals surface area contributed by atoms with Crippen molar-refractivity contribution in [1.29, 1.82) is 0 Å². The van der Waals surface area contributed by atoms with Crippen LogP contribution in [0, 0.1) is 25.2 Å². The lowest BCUT2D eigenvalue weighted by atomic mass is 10.1. The van der Waals surface area contributed by atoms with E-state index < -0.39 is 0 Å². The Kier molecular flexibility index (Phi) is 2.45. The van der Waals surface area contributed by atoms with Gasteiger partial charge in [-0.15, -0.1) is 6.42 Å². The summed E-state index contributed by atoms with van der Waals surface area (Å²) in [5.41, 5.74) is 2.04. The first kappa shape index (κ1) is 9.15. The van der Waals surface area contributed by atoms with Crippen LogP contribution in [0.1, 0.15) is 24.0 Å². The molecule has 1 aliphatic carbocycles. The van der Waals surface area contributed by atoms with Crippen molar-refractivity contribution < 1.29 is 4.74 Å². The average Bonchev–Trinajstić information content (AvgIpc) is 2.99. The first-order chi connectivity index (χ1) is 6.79. The molecule has 1 saturated carbocycles. The first-order valence-corrected chi connectivity index (χ1v) is 4.99. The fraction of sp³-hybridized carbons (Fsp3) is 0.385. The summed E-state index contributed by atoms with van der Waals surface area (Å²) in [6, 6.07) is 5.88. The van der Waals surface area contributed by atoms with Crippen molar-refractivity contribution in [2.45, 2.75) is 19.8 Å². The maximum absolute atomic E-state index is 5.69. The molecule has 0 bridgehead atoms. The third kappa shape index (κ3) is 2.09. The predicted octanol–water partition coefficient (Wildman–Crippen LogP) is 2.77. The summed E-state index contributed by atoms with van der Waals surface area (Å²) in [5, 5.41) is 0. The average molecular weight is 186 g/mol. The Morgan fingerprint density at radius 1 is 1.50 bits per heavy atom. The van der Waals surface area contributed by atoms with E-state index in [1.807, 2.05) is 25.1 Å². The fourth-order valence-electron chi connectivity index (χ4n) is 1.39. The van der Waals surface area contributed by atoms with Crippen molar-refractivity contribution in [2.75, 3.05) is 6.61 Å². The molecule has 2 rings (SSSR count). The zero-order chi connectivity index (χ0) is 9.97. The number of ether oxygens (including phenoxy) is 1. The van der Waals surface area contributed by atoms with Gasteiger partial charge >= 0.3 is 0 Å². The van der Waals surface area contributed by atoms with Gasteiger partial charge in [-0.2, -0.15) is 0 Å². The molecule has 0 amide bonds. The van der Waals surface area contributed by atoms with Crippen LogP contribution < -0.4 is 4.74 Å². The van der Waals surface area contributed by atoms with Gasteiger partial charge in [-0.05, 0) is 49.4 Å². The smallest absolute Gasteiger partial charge is 0.122 e. The van der Waals surface area contributed by atoms with Gasteiger partial charge in [0.25, 0.3) is 0 Å². The van der Waals surface area contributed by atoms with E-state index in [1.54, 1.807) is 0 Å². The lowest BCUT2D eigenvalue weighted by molar-refractivity contribution is 0.298. The van der Waals surface area contributed by atoms with Crippen molar-refractivity contribution in [3.05, 3.63) is 29.3 Å². The molecule has 1 fully saturated rings. The second kappa shape index (κ2) is 3.75. The molecule has 1 heteroatoms. The van der Waals surface area contributed by atoms with Crippen LogP contribution in [0.5, 0.6) is 5.75 Å². The molecule has 1 aromatic rings. The minimum absolute atomic E-state index is 0.793. The normalized spacial score (nSPS) is 14.9. The second-order valence-electron chi connectivity index (χ2n) is 3.88. The number of benzene rings is 1. The summed E-state index contributed by atoms with van der Waals surface area (Å²) in [6.45, 7) is 2.89. The van der Waals surface area contributed by atoms with Gasteiger partial charge in [0.15, 0.2) is 0 Å². The van der Waals surface area contributed by atoms with E-state index in [9.17, 15) is 0 Å². The van der Waals surface area contributed by atoms with Crippen LogP contribution in [0.4, 0.5) is 0 Å². The number of terminal acetylenes is 1. The van der Waals surface area contributed by atoms with Gasteiger partial charge in [-0.1, -0.05) is 5.92 Å². The molecule has 0 radical (unpaired) electrons. The highest BCUT2D eigenvalue weighted by atomic mass is 16.5. The third-order valence-electron chi connectivity index (χ3n) is 2.51. The second-order valence-corrected chi connectivity index (χ2v) is 3.88. The molecule has 0 aliphatic heterocycles. The van der Waals surface area contributed by atoms with E-state index >= 15 is 0 Å². The van der Waals surface area contributed by atoms with Crippen LogP contribution in [0.15, 0.2) is 18.2 Å². The van der Waals surface area contributed by atoms with Crippen molar-refractivity contribution in [2.24, 2.45) is 5.92 Å². The lowest BCUT2D eigenvalue weighted by Gasteiger charge is -2.08. The Morgan fingerprint density at radius 2 is 2.29 bits per heavy atom. The van der Waals surface area contributed by atoms with Gasteiger partial charge in [0, 0.05) is 5.56 Å². The van der Waals surface area contributed by atoms with Gasteiger partial charge in [0.1, 0.15) is 5.75 Å². The maximum Gasteiger partial charge on any atom is 0.122 e. The zero-order valence-electron chi connectivity index (χ0n) is 8.42. The minimum atomic E-state index is 0.793. The highest BCUT2D eigenvalue weighted by Gasteiger charge is 2.22. The molecule has 0 aromatic heterocycles. The molecule has 0 N–H and O–H groups in total. The molecular weight excluding hydrogens is 172 g/mol. The van der Waals surface area contributed by atoms with Crippen LogP contribution in [0.2, 0.25) is 0 Å². The molecule has 0 saturated heterocycles. The van der Waals surface area contributed by atoms with Crippen LogP contribution in [-0.2, 0) is 0 Å². The third-order valence-corrected chi connectivity index (χ3v) is 2.51. The molecule has 14 heavy (non-hydrogen) atoms. The number of aryl methyl sites for hydroxylation is 1. The van der Waals surface area contributed by atoms with E-state index in [4.69, 9.17) is 11.2 Å². The Balaban J connectivity index is 2.05. The monoisotopic (exact) mass is 186 g/mol. The van der Waals surface area contributed by atoms with E-state index in [0.717, 1.165) is 29.4 Å². The minimum Gasteiger partial charge on any atom is -0.493 e. The molecule has 1 nitrogen and oxygen atoms in total. The van der Waals surface area contributed by atoms with Crippen molar-refractivity contribution >= 4 is 0 Å². The highest BCUT2D eigenvalue weighted by Crippen LogP contribution is 2.30.